The molecule has 866 valence electrons. The monoisotopic (exact) mass is 2000 g/mol. The van der Waals surface area contributed by atoms with Crippen LogP contribution in [0.15, 0.2) is 0 Å². The van der Waals surface area contributed by atoms with Crippen LogP contribution >= 0.6 is 0 Å². The molecule has 0 saturated heterocycles. The molecule has 0 fully saturated rings. The van der Waals surface area contributed by atoms with Crippen molar-refractivity contribution in [2.24, 2.45) is 166 Å². The Bertz CT molecular complexity index is 2180. The summed E-state index contributed by atoms with van der Waals surface area (Å²) < 4.78 is 0. The summed E-state index contributed by atoms with van der Waals surface area (Å²) in [5, 5.41) is 0. The number of hydrogen-bond donors (Lipinski definition) is 0. The highest BCUT2D eigenvalue weighted by molar-refractivity contribution is 4.72. The van der Waals surface area contributed by atoms with Crippen molar-refractivity contribution in [1.29, 1.82) is 0 Å². The molecule has 0 aliphatic carbocycles. The largest absolute Gasteiger partial charge is 0.0654 e. The highest BCUT2D eigenvalue weighted by Crippen LogP contribution is 2.33. The van der Waals surface area contributed by atoms with Gasteiger partial charge in [-0.1, -0.05) is 753 Å². The molecule has 0 radical (unpaired) electrons. The SMILES string of the molecule is CC(C)CCCC(C)CCCC(C)CCCC(C)C(C)C.CCC(C)CCCC(C)CCCC(C)CC.CCC(C)CCCC(C)CCCC(C)CCCC(C)CC.CCC(C)CCCC(C)CCCC(CC)CCCC(C)C.CCC(C)CCCC(CC)CCCC(C)CCCC(C)C.CCC(CC)CCCC(C)CCCC(C)CCCC(C)C.CCCC(C)CCCC(C)CCCC(C)CCCC(C)C. The van der Waals surface area contributed by atoms with Crippen LogP contribution in [-0.2, 0) is 0 Å². The zero-order chi connectivity index (χ0) is 109. The van der Waals surface area contributed by atoms with Gasteiger partial charge in [0.05, 0.1) is 0 Å². The van der Waals surface area contributed by atoms with Gasteiger partial charge in [0.25, 0.3) is 0 Å². The summed E-state index contributed by atoms with van der Waals surface area (Å²) in [5.41, 5.74) is 0. The second kappa shape index (κ2) is 114. The minimum absolute atomic E-state index is 0.854. The third-order valence-corrected chi connectivity index (χ3v) is 36.2. The predicted molar refractivity (Wildman–Crippen MR) is 668 cm³/mol. The fourth-order valence-electron chi connectivity index (χ4n) is 21.9. The molecule has 0 heterocycles. The van der Waals surface area contributed by atoms with Crippen molar-refractivity contribution in [2.45, 2.75) is 753 Å². The van der Waals surface area contributed by atoms with Gasteiger partial charge in [-0.05, 0) is 166 Å². The number of rotatable bonds is 93. The molecule has 0 saturated carbocycles. The molecule has 0 N–H and O–H groups in total. The van der Waals surface area contributed by atoms with E-state index in [0.29, 0.717) is 0 Å². The van der Waals surface area contributed by atoms with Gasteiger partial charge in [0, 0.05) is 0 Å². The number of hydrogen-bond acceptors (Lipinski definition) is 0. The summed E-state index contributed by atoms with van der Waals surface area (Å²) in [4.78, 5) is 0. The van der Waals surface area contributed by atoms with E-state index >= 15 is 0 Å². The first-order valence-corrected chi connectivity index (χ1v) is 67.3. The molecule has 0 bridgehead atoms. The van der Waals surface area contributed by atoms with E-state index in [4.69, 9.17) is 0 Å². The van der Waals surface area contributed by atoms with E-state index in [2.05, 4.69) is 291 Å². The fraction of sp³-hybridized carbons (Fsp3) is 1.00. The first-order chi connectivity index (χ1) is 67.3. The van der Waals surface area contributed by atoms with Gasteiger partial charge in [-0.15, -0.1) is 0 Å². The quantitative estimate of drug-likeness (QED) is 0.0569. The van der Waals surface area contributed by atoms with E-state index in [1.54, 1.807) is 0 Å². The molecular formula is C142H298. The molecule has 0 heteroatoms. The van der Waals surface area contributed by atoms with Crippen molar-refractivity contribution in [3.63, 3.8) is 0 Å². The Hall–Kier alpha value is 0. The van der Waals surface area contributed by atoms with Gasteiger partial charge >= 0.3 is 0 Å². The normalized spacial score (nSPS) is 16.3. The minimum atomic E-state index is 0.854. The molecule has 20 unspecified atom stereocenters. The van der Waals surface area contributed by atoms with Crippen LogP contribution in [0, 0.1) is 166 Å². The van der Waals surface area contributed by atoms with Gasteiger partial charge in [-0.3, -0.25) is 0 Å². The van der Waals surface area contributed by atoms with Crippen LogP contribution in [0.4, 0.5) is 0 Å². The minimum Gasteiger partial charge on any atom is -0.0654 e. The molecule has 0 aliphatic rings. The van der Waals surface area contributed by atoms with E-state index in [9.17, 15) is 0 Å². The smallest absolute Gasteiger partial charge is 0.0417 e. The Balaban J connectivity index is -0.000000300. The van der Waals surface area contributed by atoms with Gasteiger partial charge in [-0.25, -0.2) is 0 Å². The Morgan fingerprint density at radius 1 is 0.0986 bits per heavy atom. The summed E-state index contributed by atoms with van der Waals surface area (Å²) in [6, 6.07) is 0. The predicted octanol–water partition coefficient (Wildman–Crippen LogP) is 53.1. The maximum Gasteiger partial charge on any atom is -0.0417 e. The van der Waals surface area contributed by atoms with Gasteiger partial charge in [0.15, 0.2) is 0 Å². The van der Waals surface area contributed by atoms with Crippen molar-refractivity contribution in [3.8, 4) is 0 Å². The molecule has 0 nitrogen and oxygen atoms in total. The third kappa shape index (κ3) is 125. The van der Waals surface area contributed by atoms with Crippen LogP contribution < -0.4 is 0 Å². The molecule has 0 aromatic rings. The Labute approximate surface area is 912 Å². The lowest BCUT2D eigenvalue weighted by molar-refractivity contribution is 0.346. The zero-order valence-corrected chi connectivity index (χ0v) is 109. The molecular weight excluding hydrogens is 1710 g/mol. The van der Waals surface area contributed by atoms with Gasteiger partial charge in [0.2, 0.25) is 0 Å². The first-order valence-electron chi connectivity index (χ1n) is 67.3. The van der Waals surface area contributed by atoms with E-state index in [0.717, 1.165) is 166 Å². The van der Waals surface area contributed by atoms with Crippen LogP contribution in [0.5, 0.6) is 0 Å². The van der Waals surface area contributed by atoms with Crippen LogP contribution in [0.3, 0.4) is 0 Å². The van der Waals surface area contributed by atoms with Crippen molar-refractivity contribution < 1.29 is 0 Å². The van der Waals surface area contributed by atoms with Crippen LogP contribution in [0.25, 0.3) is 0 Å². The van der Waals surface area contributed by atoms with Crippen LogP contribution in [0.2, 0.25) is 0 Å². The first kappa shape index (κ1) is 155. The third-order valence-electron chi connectivity index (χ3n) is 36.2. The summed E-state index contributed by atoms with van der Waals surface area (Å²) in [6.07, 6.45) is 103. The topological polar surface area (TPSA) is 0 Å². The highest BCUT2D eigenvalue weighted by atomic mass is 14.2. The van der Waals surface area contributed by atoms with Gasteiger partial charge in [0.1, 0.15) is 0 Å². The standard InChI is InChI=1S/6C21H44.C16H34/c1-17(2)11-8-12-19(5)13-9-14-20(6)15-10-16-21(7)18(3)4;1-7-11-19(4)14-9-15-21(6)17-10-16-20(5)13-8-12-18(2)3;1-7-19(5)13-10-14-20(6)15-11-17-21(8-2)16-9-12-18(3)4;1-7-19(5)13-10-16-21(8-2)17-11-15-20(6)14-9-12-18(3)4;1-7-18(3)12-9-14-20(5)16-11-17-21(6)15-10-13-19(4)8-2;1-7-21(8-2)17-11-16-20(6)15-10-14-19(5)13-9-12-18(3)4;1-6-14(3)10-8-12-16(5)13-9-11-15(4)7-2/h17-21H,8-16H2,1-7H3;5*18-21H,7-17H2,1-6H3;14-16H,6-13H2,1-5H3. The summed E-state index contributed by atoms with van der Waals surface area (Å²) in [6.45, 7) is 100. The van der Waals surface area contributed by atoms with E-state index < -0.39 is 0 Å². The van der Waals surface area contributed by atoms with E-state index in [1.807, 2.05) is 0 Å². The van der Waals surface area contributed by atoms with Gasteiger partial charge in [-0.2, -0.15) is 0 Å². The summed E-state index contributed by atoms with van der Waals surface area (Å²) >= 11 is 0. The molecule has 20 atom stereocenters. The fourth-order valence-corrected chi connectivity index (χ4v) is 21.9. The second-order valence-corrected chi connectivity index (χ2v) is 55.2. The Morgan fingerprint density at radius 3 is 0.338 bits per heavy atom. The molecule has 0 spiro atoms. The molecule has 0 aromatic carbocycles. The average Bonchev–Trinajstić information content (AvgIpc) is 0.994. The Morgan fingerprint density at radius 2 is 0.211 bits per heavy atom. The van der Waals surface area contributed by atoms with Crippen molar-refractivity contribution in [3.05, 3.63) is 0 Å². The maximum absolute atomic E-state index is 2.47. The molecule has 0 rings (SSSR count). The molecule has 0 aliphatic heterocycles. The highest BCUT2D eigenvalue weighted by Gasteiger charge is 2.19. The maximum atomic E-state index is 2.47. The molecule has 0 aromatic heterocycles. The summed E-state index contributed by atoms with van der Waals surface area (Å²) in [5.74, 6) is 26.1. The lowest BCUT2D eigenvalue weighted by atomic mass is 9.88. The van der Waals surface area contributed by atoms with Crippen LogP contribution in [0.1, 0.15) is 753 Å². The lowest BCUT2D eigenvalue weighted by Gasteiger charge is -2.18. The summed E-state index contributed by atoms with van der Waals surface area (Å²) in [7, 11) is 0. The van der Waals surface area contributed by atoms with Gasteiger partial charge < -0.3 is 0 Å². The van der Waals surface area contributed by atoms with Crippen LogP contribution in [-0.4, -0.2) is 0 Å². The van der Waals surface area contributed by atoms with Crippen molar-refractivity contribution >= 4 is 0 Å². The zero-order valence-electron chi connectivity index (χ0n) is 109. The average molecular weight is 2010 g/mol. The molecule has 142 heavy (non-hydrogen) atoms. The molecule has 0 amide bonds. The second-order valence-electron chi connectivity index (χ2n) is 55.2. The lowest BCUT2D eigenvalue weighted by Crippen LogP contribution is -2.05. The van der Waals surface area contributed by atoms with E-state index in [1.165, 1.54) is 462 Å². The van der Waals surface area contributed by atoms with E-state index in [-0.39, 0.29) is 0 Å². The van der Waals surface area contributed by atoms with Crippen molar-refractivity contribution in [2.75, 3.05) is 0 Å². The Kier molecular flexibility index (Phi) is 124. The van der Waals surface area contributed by atoms with Crippen molar-refractivity contribution in [1.82, 2.24) is 0 Å².